The van der Waals surface area contributed by atoms with Crippen LogP contribution in [0.25, 0.3) is 0 Å². The average molecular weight is 612 g/mol. The summed E-state index contributed by atoms with van der Waals surface area (Å²) in [6, 6.07) is 15.7. The van der Waals surface area contributed by atoms with E-state index in [1.54, 1.807) is 6.92 Å². The van der Waals surface area contributed by atoms with E-state index in [9.17, 15) is 22.4 Å². The van der Waals surface area contributed by atoms with Crippen molar-refractivity contribution in [2.24, 2.45) is 0 Å². The SMILES string of the molecule is CC[C@H](C(=O)N[C@@H](C)CC)N(Cc1cccc(C)c1)C(=O)CN(c1ccc(F)cc1)S(=O)(=O)c1ccc2c(c1)OCCO2. The highest BCUT2D eigenvalue weighted by molar-refractivity contribution is 7.92. The summed E-state index contributed by atoms with van der Waals surface area (Å²) in [7, 11) is -4.36. The number of carbonyl (C=O) groups excluding carboxylic acids is 2. The molecular weight excluding hydrogens is 573 g/mol. The summed E-state index contributed by atoms with van der Waals surface area (Å²) >= 11 is 0. The molecule has 3 aromatic rings. The van der Waals surface area contributed by atoms with Crippen LogP contribution in [0.2, 0.25) is 0 Å². The van der Waals surface area contributed by atoms with Gasteiger partial charge in [0.25, 0.3) is 10.0 Å². The van der Waals surface area contributed by atoms with Crippen molar-refractivity contribution in [2.45, 2.75) is 64.1 Å². The van der Waals surface area contributed by atoms with Gasteiger partial charge in [0.15, 0.2) is 11.5 Å². The van der Waals surface area contributed by atoms with Crippen molar-refractivity contribution in [3.8, 4) is 11.5 Å². The van der Waals surface area contributed by atoms with Crippen LogP contribution in [0.1, 0.15) is 44.7 Å². The van der Waals surface area contributed by atoms with Gasteiger partial charge in [0.2, 0.25) is 11.8 Å². The Balaban J connectivity index is 1.74. The van der Waals surface area contributed by atoms with Gasteiger partial charge in [-0.05, 0) is 68.7 Å². The molecule has 0 bridgehead atoms. The van der Waals surface area contributed by atoms with Crippen LogP contribution >= 0.6 is 0 Å². The number of nitrogens with one attached hydrogen (secondary N) is 1. The van der Waals surface area contributed by atoms with Gasteiger partial charge in [-0.15, -0.1) is 0 Å². The summed E-state index contributed by atoms with van der Waals surface area (Å²) in [6.45, 7) is 7.64. The molecule has 2 amide bonds. The molecule has 3 aromatic carbocycles. The minimum Gasteiger partial charge on any atom is -0.486 e. The summed E-state index contributed by atoms with van der Waals surface area (Å²) in [4.78, 5) is 28.9. The number of amides is 2. The molecule has 1 heterocycles. The number of sulfonamides is 1. The number of aryl methyl sites for hydroxylation is 1. The lowest BCUT2D eigenvalue weighted by atomic mass is 10.1. The molecule has 43 heavy (non-hydrogen) atoms. The molecule has 0 radical (unpaired) electrons. The first-order valence-electron chi connectivity index (χ1n) is 14.4. The molecule has 9 nitrogen and oxygen atoms in total. The molecule has 1 N–H and O–H groups in total. The van der Waals surface area contributed by atoms with Crippen molar-refractivity contribution in [3.05, 3.63) is 83.7 Å². The summed E-state index contributed by atoms with van der Waals surface area (Å²) in [6.07, 6.45) is 1.02. The summed E-state index contributed by atoms with van der Waals surface area (Å²) < 4.78 is 54.2. The Hall–Kier alpha value is -4.12. The summed E-state index contributed by atoms with van der Waals surface area (Å²) in [5, 5.41) is 2.96. The number of anilines is 1. The Labute approximate surface area is 252 Å². The Kier molecular flexibility index (Phi) is 10.3. The van der Waals surface area contributed by atoms with Crippen LogP contribution in [0, 0.1) is 12.7 Å². The quantitative estimate of drug-likeness (QED) is 0.315. The van der Waals surface area contributed by atoms with Gasteiger partial charge in [-0.2, -0.15) is 0 Å². The number of rotatable bonds is 12. The molecule has 0 aliphatic carbocycles. The van der Waals surface area contributed by atoms with Crippen molar-refractivity contribution >= 4 is 27.5 Å². The van der Waals surface area contributed by atoms with Crippen LogP contribution in [-0.2, 0) is 26.2 Å². The van der Waals surface area contributed by atoms with Crippen molar-refractivity contribution < 1.29 is 31.9 Å². The van der Waals surface area contributed by atoms with Gasteiger partial charge in [-0.3, -0.25) is 13.9 Å². The van der Waals surface area contributed by atoms with E-state index < -0.39 is 34.3 Å². The Morgan fingerprint density at radius 2 is 1.65 bits per heavy atom. The Bertz CT molecular complexity index is 1550. The smallest absolute Gasteiger partial charge is 0.264 e. The highest BCUT2D eigenvalue weighted by atomic mass is 32.2. The molecule has 0 fully saturated rings. The first-order chi connectivity index (χ1) is 20.5. The molecule has 230 valence electrons. The molecule has 0 saturated carbocycles. The van der Waals surface area contributed by atoms with Crippen LogP contribution < -0.4 is 19.1 Å². The molecule has 11 heteroatoms. The van der Waals surface area contributed by atoms with Crippen LogP contribution in [-0.4, -0.2) is 57.0 Å². The number of benzene rings is 3. The number of carbonyl (C=O) groups is 2. The number of hydrogen-bond donors (Lipinski definition) is 1. The maximum atomic E-state index is 14.2. The molecule has 1 aliphatic rings. The highest BCUT2D eigenvalue weighted by Gasteiger charge is 2.34. The van der Waals surface area contributed by atoms with Crippen LogP contribution in [0.4, 0.5) is 10.1 Å². The third-order valence-electron chi connectivity index (χ3n) is 7.32. The second-order valence-electron chi connectivity index (χ2n) is 10.5. The van der Waals surface area contributed by atoms with Crippen LogP contribution in [0.3, 0.4) is 0 Å². The fourth-order valence-corrected chi connectivity index (χ4v) is 6.25. The fraction of sp³-hybridized carbons (Fsp3) is 0.375. The number of nitrogens with zero attached hydrogens (tertiary/aromatic N) is 2. The van der Waals surface area contributed by atoms with Gasteiger partial charge >= 0.3 is 0 Å². The predicted octanol–water partition coefficient (Wildman–Crippen LogP) is 4.82. The maximum absolute atomic E-state index is 14.2. The van der Waals surface area contributed by atoms with Gasteiger partial charge in [-0.1, -0.05) is 43.7 Å². The minimum atomic E-state index is -4.36. The second kappa shape index (κ2) is 13.9. The normalized spacial score (nSPS) is 14.0. The van der Waals surface area contributed by atoms with E-state index in [4.69, 9.17) is 9.47 Å². The molecule has 1 aliphatic heterocycles. The molecule has 0 aromatic heterocycles. The minimum absolute atomic E-state index is 0.0915. The number of fused-ring (bicyclic) bond motifs is 1. The topological polar surface area (TPSA) is 105 Å². The lowest BCUT2D eigenvalue weighted by Crippen LogP contribution is -2.53. The third-order valence-corrected chi connectivity index (χ3v) is 9.09. The fourth-order valence-electron chi connectivity index (χ4n) is 4.82. The molecule has 0 unspecified atom stereocenters. The van der Waals surface area contributed by atoms with Gasteiger partial charge < -0.3 is 19.7 Å². The third kappa shape index (κ3) is 7.64. The zero-order valence-electron chi connectivity index (χ0n) is 24.9. The van der Waals surface area contributed by atoms with Gasteiger partial charge in [0, 0.05) is 18.7 Å². The van der Waals surface area contributed by atoms with Crippen LogP contribution in [0.15, 0.2) is 71.6 Å². The van der Waals surface area contributed by atoms with Gasteiger partial charge in [0.1, 0.15) is 31.6 Å². The van der Waals surface area contributed by atoms with Gasteiger partial charge in [-0.25, -0.2) is 12.8 Å². The van der Waals surface area contributed by atoms with Crippen molar-refractivity contribution in [1.29, 1.82) is 0 Å². The van der Waals surface area contributed by atoms with Crippen LogP contribution in [0.5, 0.6) is 11.5 Å². The number of hydrogen-bond acceptors (Lipinski definition) is 6. The molecule has 0 saturated heterocycles. The standard InChI is InChI=1S/C32H38FN3O6S/c1-5-23(4)34-32(38)28(6-2)35(20-24-9-7-8-22(3)18-24)31(37)21-36(26-12-10-25(33)11-13-26)43(39,40)27-14-15-29-30(19-27)42-17-16-41-29/h7-15,18-19,23,28H,5-6,16-17,20-21H2,1-4H3,(H,34,38)/t23-,28+/m0/s1. The van der Waals surface area contributed by atoms with E-state index in [0.717, 1.165) is 27.6 Å². The zero-order valence-corrected chi connectivity index (χ0v) is 25.7. The first-order valence-corrected chi connectivity index (χ1v) is 15.8. The number of halogens is 1. The summed E-state index contributed by atoms with van der Waals surface area (Å²) in [5.74, 6) is -0.775. The molecule has 4 rings (SSSR count). The lowest BCUT2D eigenvalue weighted by molar-refractivity contribution is -0.140. The lowest BCUT2D eigenvalue weighted by Gasteiger charge is -2.34. The second-order valence-corrected chi connectivity index (χ2v) is 12.4. The number of ether oxygens (including phenoxy) is 2. The first kappa shape index (κ1) is 31.8. The highest BCUT2D eigenvalue weighted by Crippen LogP contribution is 2.34. The van der Waals surface area contributed by atoms with E-state index in [-0.39, 0.29) is 41.4 Å². The van der Waals surface area contributed by atoms with E-state index >= 15 is 0 Å². The molecule has 0 spiro atoms. The Morgan fingerprint density at radius 1 is 0.953 bits per heavy atom. The Morgan fingerprint density at radius 3 is 2.30 bits per heavy atom. The van der Waals surface area contributed by atoms with E-state index in [1.165, 1.54) is 35.2 Å². The molecular formula is C32H38FN3O6S. The van der Waals surface area contributed by atoms with E-state index in [0.29, 0.717) is 25.2 Å². The van der Waals surface area contributed by atoms with Crippen molar-refractivity contribution in [1.82, 2.24) is 10.2 Å². The maximum Gasteiger partial charge on any atom is 0.264 e. The largest absolute Gasteiger partial charge is 0.486 e. The predicted molar refractivity (Wildman–Crippen MR) is 162 cm³/mol. The van der Waals surface area contributed by atoms with Gasteiger partial charge in [0.05, 0.1) is 10.6 Å². The average Bonchev–Trinajstić information content (AvgIpc) is 2.99. The van der Waals surface area contributed by atoms with E-state index in [2.05, 4.69) is 5.32 Å². The van der Waals surface area contributed by atoms with E-state index in [1.807, 2.05) is 45.0 Å². The van der Waals surface area contributed by atoms with Crippen molar-refractivity contribution in [2.75, 3.05) is 24.1 Å². The zero-order chi connectivity index (χ0) is 31.1. The monoisotopic (exact) mass is 611 g/mol. The summed E-state index contributed by atoms with van der Waals surface area (Å²) in [5.41, 5.74) is 1.87. The van der Waals surface area contributed by atoms with Crippen molar-refractivity contribution in [3.63, 3.8) is 0 Å². The molecule has 2 atom stereocenters.